The second-order valence-electron chi connectivity index (χ2n) is 23.1. The molecule has 0 spiro atoms. The molecule has 6 heteroatoms. The van der Waals surface area contributed by atoms with Gasteiger partial charge >= 0.3 is 17.9 Å². The predicted molar refractivity (Wildman–Crippen MR) is 330 cm³/mol. The fourth-order valence-corrected chi connectivity index (χ4v) is 10.2. The summed E-state index contributed by atoms with van der Waals surface area (Å²) in [4.78, 5) is 38.3. The second kappa shape index (κ2) is 65.2. The van der Waals surface area contributed by atoms with Crippen molar-refractivity contribution in [3.63, 3.8) is 0 Å². The highest BCUT2D eigenvalue weighted by Gasteiger charge is 2.19. The maximum absolute atomic E-state index is 12.9. The Morgan fingerprint density at radius 2 is 0.474 bits per heavy atom. The van der Waals surface area contributed by atoms with E-state index in [0.717, 1.165) is 70.6 Å². The number of unbranched alkanes of at least 4 members (excludes halogenated alkanes) is 46. The molecule has 76 heavy (non-hydrogen) atoms. The van der Waals surface area contributed by atoms with E-state index >= 15 is 0 Å². The zero-order valence-electron chi connectivity index (χ0n) is 51.3. The first kappa shape index (κ1) is 73.6. The number of ether oxygens (including phenoxy) is 3. The Kier molecular flexibility index (Phi) is 63.1. The third-order valence-electron chi connectivity index (χ3n) is 15.4. The highest BCUT2D eigenvalue weighted by molar-refractivity contribution is 5.71. The molecule has 0 aliphatic heterocycles. The van der Waals surface area contributed by atoms with E-state index in [2.05, 4.69) is 57.2 Å². The summed E-state index contributed by atoms with van der Waals surface area (Å²) in [6, 6.07) is 0. The van der Waals surface area contributed by atoms with Gasteiger partial charge in [0, 0.05) is 19.3 Å². The van der Waals surface area contributed by atoms with Crippen LogP contribution in [0.5, 0.6) is 0 Å². The lowest BCUT2D eigenvalue weighted by atomic mass is 10.0. The quantitative estimate of drug-likeness (QED) is 0.0261. The van der Waals surface area contributed by atoms with Gasteiger partial charge in [-0.25, -0.2) is 0 Å². The summed E-state index contributed by atoms with van der Waals surface area (Å²) in [6.45, 7) is 6.66. The third-order valence-corrected chi connectivity index (χ3v) is 15.4. The van der Waals surface area contributed by atoms with Gasteiger partial charge in [0.15, 0.2) is 6.10 Å². The van der Waals surface area contributed by atoms with Gasteiger partial charge in [-0.05, 0) is 77.0 Å². The van der Waals surface area contributed by atoms with Crippen molar-refractivity contribution in [1.29, 1.82) is 0 Å². The largest absolute Gasteiger partial charge is 0.462 e. The molecule has 0 radical (unpaired) electrons. The first-order valence-electron chi connectivity index (χ1n) is 34.0. The van der Waals surface area contributed by atoms with Gasteiger partial charge < -0.3 is 14.2 Å². The SMILES string of the molecule is CCCCC/C=C\C/C=C\CCCCCCCCCC(=O)OC(COC(=O)CCCCCCCCCCCCCC)COC(=O)CCCCCCCCCCCCCCCCCCC/C=C\CCCCCCCCCC. The molecule has 0 saturated carbocycles. The van der Waals surface area contributed by atoms with Crippen molar-refractivity contribution in [2.45, 2.75) is 380 Å². The summed E-state index contributed by atoms with van der Waals surface area (Å²) in [5.41, 5.74) is 0. The Bertz CT molecular complexity index is 1270. The molecule has 0 aromatic heterocycles. The Labute approximate surface area is 474 Å². The van der Waals surface area contributed by atoms with E-state index in [1.165, 1.54) is 263 Å². The van der Waals surface area contributed by atoms with Crippen LogP contribution in [0.1, 0.15) is 374 Å². The van der Waals surface area contributed by atoms with Gasteiger partial charge in [0.25, 0.3) is 0 Å². The molecule has 6 nitrogen and oxygen atoms in total. The standard InChI is InChI=1S/C70H130O6/c1-4-7-10-13-16-19-22-25-27-29-30-31-32-33-34-35-36-37-38-39-40-42-43-45-48-51-54-57-60-63-69(72)75-66-67(65-74-68(71)62-59-56-53-50-47-24-21-18-15-12-9-6-3)76-70(73)64-61-58-55-52-49-46-44-41-28-26-23-20-17-14-11-8-5-2/h17,20,26,28-30,67H,4-16,18-19,21-25,27,31-66H2,1-3H3/b20-17-,28-26-,30-29-. The van der Waals surface area contributed by atoms with E-state index in [0.29, 0.717) is 19.3 Å². The maximum Gasteiger partial charge on any atom is 0.306 e. The number of hydrogen-bond donors (Lipinski definition) is 0. The average molecular weight is 1070 g/mol. The van der Waals surface area contributed by atoms with E-state index in [1.807, 2.05) is 0 Å². The molecule has 1 unspecified atom stereocenters. The third kappa shape index (κ3) is 62.5. The van der Waals surface area contributed by atoms with Crippen LogP contribution in [0.4, 0.5) is 0 Å². The summed E-state index contributed by atoms with van der Waals surface area (Å²) in [7, 11) is 0. The van der Waals surface area contributed by atoms with Crippen molar-refractivity contribution in [2.75, 3.05) is 13.2 Å². The summed E-state index contributed by atoms with van der Waals surface area (Å²) >= 11 is 0. The second-order valence-corrected chi connectivity index (χ2v) is 23.1. The summed E-state index contributed by atoms with van der Waals surface area (Å²) in [5, 5.41) is 0. The Balaban J connectivity index is 4.16. The van der Waals surface area contributed by atoms with Crippen LogP contribution >= 0.6 is 0 Å². The molecule has 0 heterocycles. The topological polar surface area (TPSA) is 78.9 Å². The van der Waals surface area contributed by atoms with E-state index < -0.39 is 6.10 Å². The highest BCUT2D eigenvalue weighted by atomic mass is 16.6. The van der Waals surface area contributed by atoms with Crippen molar-refractivity contribution in [3.05, 3.63) is 36.5 Å². The first-order chi connectivity index (χ1) is 37.5. The lowest BCUT2D eigenvalue weighted by molar-refractivity contribution is -0.167. The summed E-state index contributed by atoms with van der Waals surface area (Å²) < 4.78 is 16.9. The van der Waals surface area contributed by atoms with Gasteiger partial charge in [-0.3, -0.25) is 14.4 Å². The molecule has 0 aliphatic rings. The number of hydrogen-bond acceptors (Lipinski definition) is 6. The van der Waals surface area contributed by atoms with Crippen molar-refractivity contribution in [3.8, 4) is 0 Å². The number of carbonyl (C=O) groups excluding carboxylic acids is 3. The lowest BCUT2D eigenvalue weighted by Crippen LogP contribution is -2.30. The molecule has 0 amide bonds. The molecule has 1 atom stereocenters. The van der Waals surface area contributed by atoms with Crippen LogP contribution in [-0.4, -0.2) is 37.2 Å². The fourth-order valence-electron chi connectivity index (χ4n) is 10.2. The van der Waals surface area contributed by atoms with Crippen LogP contribution in [0.25, 0.3) is 0 Å². The molecule has 446 valence electrons. The minimum atomic E-state index is -0.773. The van der Waals surface area contributed by atoms with Crippen LogP contribution in [-0.2, 0) is 28.6 Å². The van der Waals surface area contributed by atoms with E-state index in [9.17, 15) is 14.4 Å². The normalized spacial score (nSPS) is 12.2. The summed E-state index contributed by atoms with van der Waals surface area (Å²) in [6.07, 6.45) is 80.3. The molecule has 0 fully saturated rings. The molecule has 0 N–H and O–H groups in total. The van der Waals surface area contributed by atoms with Crippen LogP contribution in [0.2, 0.25) is 0 Å². The zero-order valence-corrected chi connectivity index (χ0v) is 51.3. The maximum atomic E-state index is 12.9. The fraction of sp³-hybridized carbons (Fsp3) is 0.871. The zero-order chi connectivity index (χ0) is 55.0. The number of allylic oxidation sites excluding steroid dienone is 6. The molecule has 0 saturated heterocycles. The van der Waals surface area contributed by atoms with Crippen molar-refractivity contribution < 1.29 is 28.6 Å². The molecular weight excluding hydrogens is 937 g/mol. The number of rotatable bonds is 63. The molecule has 0 aromatic carbocycles. The first-order valence-corrected chi connectivity index (χ1v) is 34.0. The van der Waals surface area contributed by atoms with Crippen LogP contribution in [0.15, 0.2) is 36.5 Å². The minimum absolute atomic E-state index is 0.0703. The molecule has 0 rings (SSSR count). The number of carbonyl (C=O) groups is 3. The monoisotopic (exact) mass is 1070 g/mol. The molecule has 0 aromatic rings. The van der Waals surface area contributed by atoms with Crippen LogP contribution in [0.3, 0.4) is 0 Å². The van der Waals surface area contributed by atoms with Gasteiger partial charge in [-0.1, -0.05) is 314 Å². The number of esters is 3. The van der Waals surface area contributed by atoms with Gasteiger partial charge in [0.05, 0.1) is 0 Å². The van der Waals surface area contributed by atoms with E-state index in [-0.39, 0.29) is 31.1 Å². The van der Waals surface area contributed by atoms with E-state index in [1.54, 1.807) is 0 Å². The van der Waals surface area contributed by atoms with Crippen molar-refractivity contribution in [2.24, 2.45) is 0 Å². The summed E-state index contributed by atoms with van der Waals surface area (Å²) in [5.74, 6) is -0.853. The highest BCUT2D eigenvalue weighted by Crippen LogP contribution is 2.18. The predicted octanol–water partition coefficient (Wildman–Crippen LogP) is 23.2. The van der Waals surface area contributed by atoms with Gasteiger partial charge in [-0.15, -0.1) is 0 Å². The Morgan fingerprint density at radius 3 is 0.763 bits per heavy atom. The molecular formula is C70H130O6. The van der Waals surface area contributed by atoms with Gasteiger partial charge in [-0.2, -0.15) is 0 Å². The van der Waals surface area contributed by atoms with Crippen LogP contribution < -0.4 is 0 Å². The van der Waals surface area contributed by atoms with Gasteiger partial charge in [0.2, 0.25) is 0 Å². The Morgan fingerprint density at radius 1 is 0.263 bits per heavy atom. The van der Waals surface area contributed by atoms with E-state index in [4.69, 9.17) is 14.2 Å². The Hall–Kier alpha value is -2.37. The minimum Gasteiger partial charge on any atom is -0.462 e. The van der Waals surface area contributed by atoms with Crippen LogP contribution in [0, 0.1) is 0 Å². The smallest absolute Gasteiger partial charge is 0.306 e. The average Bonchev–Trinajstić information content (AvgIpc) is 3.42. The van der Waals surface area contributed by atoms with Crippen molar-refractivity contribution >= 4 is 17.9 Å². The lowest BCUT2D eigenvalue weighted by Gasteiger charge is -2.18. The van der Waals surface area contributed by atoms with Crippen molar-refractivity contribution in [1.82, 2.24) is 0 Å². The molecule has 0 bridgehead atoms. The molecule has 0 aliphatic carbocycles. The van der Waals surface area contributed by atoms with Gasteiger partial charge in [0.1, 0.15) is 13.2 Å².